The van der Waals surface area contributed by atoms with Crippen molar-refractivity contribution in [2.24, 2.45) is 0 Å². The summed E-state index contributed by atoms with van der Waals surface area (Å²) in [6.07, 6.45) is 1.56. The predicted molar refractivity (Wildman–Crippen MR) is 62.9 cm³/mol. The van der Waals surface area contributed by atoms with E-state index in [-0.39, 0.29) is 0 Å². The fourth-order valence-electron chi connectivity index (χ4n) is 1.44. The van der Waals surface area contributed by atoms with Crippen molar-refractivity contribution in [3.8, 4) is 11.3 Å². The molecule has 0 radical (unpaired) electrons. The molecule has 0 spiro atoms. The first-order valence-corrected chi connectivity index (χ1v) is 5.40. The summed E-state index contributed by atoms with van der Waals surface area (Å²) in [5.74, 6) is 0. The third-order valence-corrected chi connectivity index (χ3v) is 2.58. The van der Waals surface area contributed by atoms with Crippen molar-refractivity contribution in [3.63, 3.8) is 0 Å². The normalized spacial score (nSPS) is 10.9. The number of nitrogens with zero attached hydrogens (tertiary/aromatic N) is 4. The van der Waals surface area contributed by atoms with E-state index in [1.807, 2.05) is 0 Å². The molecule has 0 aliphatic heterocycles. The first kappa shape index (κ1) is 10.4. The van der Waals surface area contributed by atoms with E-state index in [1.165, 1.54) is 0 Å². The van der Waals surface area contributed by atoms with Gasteiger partial charge in [0.05, 0.1) is 11.9 Å². The molecule has 2 heterocycles. The molecule has 0 unspecified atom stereocenters. The lowest BCUT2D eigenvalue weighted by molar-refractivity contribution is 0.314. The zero-order chi connectivity index (χ0) is 11.8. The van der Waals surface area contributed by atoms with Crippen LogP contribution in [-0.2, 0) is 0 Å². The molecule has 0 amide bonds. The first-order valence-electron chi connectivity index (χ1n) is 4.64. The van der Waals surface area contributed by atoms with Crippen LogP contribution in [0.1, 0.15) is 0 Å². The van der Waals surface area contributed by atoms with Crippen molar-refractivity contribution in [3.05, 3.63) is 34.4 Å². The van der Waals surface area contributed by atoms with Gasteiger partial charge in [0.2, 0.25) is 11.3 Å². The zero-order valence-corrected chi connectivity index (χ0v) is 9.77. The Hall–Kier alpha value is -1.72. The SMILES string of the molecule is Clc1cc(Cl)cc(-c2cnc3nonc3n2)c1. The topological polar surface area (TPSA) is 64.7 Å². The predicted octanol–water partition coefficient (Wildman–Crippen LogP) is 2.99. The second-order valence-electron chi connectivity index (χ2n) is 3.32. The van der Waals surface area contributed by atoms with E-state index in [4.69, 9.17) is 23.2 Å². The summed E-state index contributed by atoms with van der Waals surface area (Å²) >= 11 is 11.8. The minimum atomic E-state index is 0.346. The molecule has 0 saturated heterocycles. The standard InChI is InChI=1S/C10H4Cl2N4O/c11-6-1-5(2-7(12)3-6)8-4-13-9-10(14-8)16-17-15-9/h1-4H. The molecule has 0 fully saturated rings. The van der Waals surface area contributed by atoms with Crippen LogP contribution in [0.2, 0.25) is 10.0 Å². The van der Waals surface area contributed by atoms with Crippen molar-refractivity contribution in [1.82, 2.24) is 20.3 Å². The molecule has 0 N–H and O–H groups in total. The molecular weight excluding hydrogens is 263 g/mol. The molecule has 7 heteroatoms. The maximum absolute atomic E-state index is 5.92. The lowest BCUT2D eigenvalue weighted by atomic mass is 10.2. The van der Waals surface area contributed by atoms with Gasteiger partial charge in [0.25, 0.3) is 0 Å². The Morgan fingerprint density at radius 3 is 2.41 bits per heavy atom. The van der Waals surface area contributed by atoms with Crippen molar-refractivity contribution < 1.29 is 4.63 Å². The van der Waals surface area contributed by atoms with E-state index < -0.39 is 0 Å². The van der Waals surface area contributed by atoms with Gasteiger partial charge in [-0.1, -0.05) is 23.2 Å². The van der Waals surface area contributed by atoms with Gasteiger partial charge in [-0.15, -0.1) is 0 Å². The van der Waals surface area contributed by atoms with Crippen LogP contribution in [0.5, 0.6) is 0 Å². The van der Waals surface area contributed by atoms with E-state index in [1.54, 1.807) is 24.4 Å². The third kappa shape index (κ3) is 1.94. The number of fused-ring (bicyclic) bond motifs is 1. The van der Waals surface area contributed by atoms with Crippen LogP contribution < -0.4 is 0 Å². The molecular formula is C10H4Cl2N4O. The second kappa shape index (κ2) is 3.94. The first-order chi connectivity index (χ1) is 8.22. The summed E-state index contributed by atoms with van der Waals surface area (Å²) in [6, 6.07) is 5.14. The Balaban J connectivity index is 2.19. The van der Waals surface area contributed by atoms with Gasteiger partial charge >= 0.3 is 0 Å². The van der Waals surface area contributed by atoms with Crippen molar-refractivity contribution in [2.45, 2.75) is 0 Å². The van der Waals surface area contributed by atoms with Gasteiger partial charge < -0.3 is 0 Å². The summed E-state index contributed by atoms with van der Waals surface area (Å²) < 4.78 is 4.53. The highest BCUT2D eigenvalue weighted by Crippen LogP contribution is 2.26. The number of halogens is 2. The van der Waals surface area contributed by atoms with E-state index in [2.05, 4.69) is 24.9 Å². The number of hydrogen-bond acceptors (Lipinski definition) is 5. The molecule has 84 valence electrons. The van der Waals surface area contributed by atoms with Crippen LogP contribution in [0.25, 0.3) is 22.6 Å². The maximum Gasteiger partial charge on any atom is 0.243 e. The van der Waals surface area contributed by atoms with Gasteiger partial charge in [-0.25, -0.2) is 14.6 Å². The quantitative estimate of drug-likeness (QED) is 0.678. The highest BCUT2D eigenvalue weighted by Gasteiger charge is 2.08. The molecule has 0 saturated carbocycles. The second-order valence-corrected chi connectivity index (χ2v) is 4.20. The van der Waals surface area contributed by atoms with Gasteiger partial charge in [0.1, 0.15) is 0 Å². The summed E-state index contributed by atoms with van der Waals surface area (Å²) in [6.45, 7) is 0. The fourth-order valence-corrected chi connectivity index (χ4v) is 1.96. The van der Waals surface area contributed by atoms with Crippen LogP contribution in [0.15, 0.2) is 29.0 Å². The number of aromatic nitrogens is 4. The largest absolute Gasteiger partial charge is 0.243 e. The summed E-state index contributed by atoms with van der Waals surface area (Å²) in [5.41, 5.74) is 2.08. The molecule has 0 aliphatic rings. The maximum atomic E-state index is 5.92. The Labute approximate surface area is 105 Å². The molecule has 3 aromatic rings. The zero-order valence-electron chi connectivity index (χ0n) is 8.26. The average molecular weight is 267 g/mol. The van der Waals surface area contributed by atoms with Gasteiger partial charge in [0, 0.05) is 15.6 Å². The van der Waals surface area contributed by atoms with Crippen molar-refractivity contribution >= 4 is 34.5 Å². The monoisotopic (exact) mass is 266 g/mol. The van der Waals surface area contributed by atoms with E-state index >= 15 is 0 Å². The molecule has 1 aromatic carbocycles. The molecule has 0 aliphatic carbocycles. The van der Waals surface area contributed by atoms with Crippen molar-refractivity contribution in [2.75, 3.05) is 0 Å². The summed E-state index contributed by atoms with van der Waals surface area (Å²) in [4.78, 5) is 8.30. The van der Waals surface area contributed by atoms with Crippen LogP contribution in [-0.4, -0.2) is 20.3 Å². The Bertz CT molecular complexity index is 677. The fraction of sp³-hybridized carbons (Fsp3) is 0. The minimum absolute atomic E-state index is 0.346. The highest BCUT2D eigenvalue weighted by molar-refractivity contribution is 6.35. The summed E-state index contributed by atoms with van der Waals surface area (Å²) in [5, 5.41) is 8.27. The van der Waals surface area contributed by atoms with Crippen LogP contribution in [0.3, 0.4) is 0 Å². The van der Waals surface area contributed by atoms with Crippen LogP contribution in [0.4, 0.5) is 0 Å². The van der Waals surface area contributed by atoms with Gasteiger partial charge in [-0.3, -0.25) is 0 Å². The third-order valence-electron chi connectivity index (χ3n) is 2.15. The number of hydrogen-bond donors (Lipinski definition) is 0. The number of rotatable bonds is 1. The van der Waals surface area contributed by atoms with E-state index in [9.17, 15) is 0 Å². The Morgan fingerprint density at radius 1 is 0.941 bits per heavy atom. The molecule has 5 nitrogen and oxygen atoms in total. The minimum Gasteiger partial charge on any atom is -0.240 e. The molecule has 2 aromatic heterocycles. The smallest absolute Gasteiger partial charge is 0.240 e. The lowest BCUT2D eigenvalue weighted by Crippen LogP contribution is -1.88. The summed E-state index contributed by atoms with van der Waals surface area (Å²) in [7, 11) is 0. The molecule has 0 bridgehead atoms. The lowest BCUT2D eigenvalue weighted by Gasteiger charge is -2.01. The molecule has 17 heavy (non-hydrogen) atoms. The van der Waals surface area contributed by atoms with Gasteiger partial charge in [-0.05, 0) is 28.5 Å². The van der Waals surface area contributed by atoms with Crippen LogP contribution >= 0.6 is 23.2 Å². The number of benzene rings is 1. The van der Waals surface area contributed by atoms with Crippen LogP contribution in [0, 0.1) is 0 Å². The van der Waals surface area contributed by atoms with Gasteiger partial charge in [-0.2, -0.15) is 0 Å². The van der Waals surface area contributed by atoms with E-state index in [0.717, 1.165) is 5.56 Å². The van der Waals surface area contributed by atoms with Crippen molar-refractivity contribution in [1.29, 1.82) is 0 Å². The average Bonchev–Trinajstić information content (AvgIpc) is 2.74. The van der Waals surface area contributed by atoms with Gasteiger partial charge in [0.15, 0.2) is 0 Å². The highest BCUT2D eigenvalue weighted by atomic mass is 35.5. The molecule has 3 rings (SSSR count). The Kier molecular flexibility index (Phi) is 2.42. The van der Waals surface area contributed by atoms with E-state index in [0.29, 0.717) is 27.0 Å². The Morgan fingerprint density at radius 2 is 1.65 bits per heavy atom. The molecule has 0 atom stereocenters.